The van der Waals surface area contributed by atoms with E-state index in [2.05, 4.69) is 0 Å². The number of sulfonamides is 1. The number of hydrogen-bond acceptors (Lipinski definition) is 4. The second-order valence-corrected chi connectivity index (χ2v) is 9.65. The average molecular weight is 331 g/mol. The summed E-state index contributed by atoms with van der Waals surface area (Å²) in [5.74, 6) is -0.560. The van der Waals surface area contributed by atoms with Gasteiger partial charge < -0.3 is 0 Å². The Bertz CT molecular complexity index is 662. The number of primary sulfonamides is 1. The number of nitrogens with two attached hydrogens (primary N) is 1. The van der Waals surface area contributed by atoms with Crippen LogP contribution >= 0.6 is 0 Å². The summed E-state index contributed by atoms with van der Waals surface area (Å²) < 4.78 is 48.6. The topological polar surface area (TPSA) is 94.3 Å². The second kappa shape index (κ2) is 6.46. The van der Waals surface area contributed by atoms with Crippen molar-refractivity contribution in [2.24, 2.45) is 5.14 Å². The lowest BCUT2D eigenvalue weighted by Gasteiger charge is -2.27. The third-order valence-electron chi connectivity index (χ3n) is 3.97. The molecule has 1 aliphatic rings. The Morgan fingerprint density at radius 2 is 1.57 bits per heavy atom. The lowest BCUT2D eigenvalue weighted by atomic mass is 10.0. The molecular weight excluding hydrogens is 310 g/mol. The summed E-state index contributed by atoms with van der Waals surface area (Å²) in [5, 5.41) is 3.58. The molecule has 0 spiro atoms. The van der Waals surface area contributed by atoms with Crippen LogP contribution in [0, 0.1) is 0 Å². The fourth-order valence-corrected chi connectivity index (χ4v) is 6.82. The van der Waals surface area contributed by atoms with E-state index in [9.17, 15) is 16.8 Å². The van der Waals surface area contributed by atoms with Gasteiger partial charge in [-0.05, 0) is 18.4 Å². The summed E-state index contributed by atoms with van der Waals surface area (Å²) in [5.41, 5.74) is 0.497. The number of sulfone groups is 1. The van der Waals surface area contributed by atoms with E-state index in [4.69, 9.17) is 5.14 Å². The summed E-state index contributed by atoms with van der Waals surface area (Å²) in [6.45, 7) is 0. The summed E-state index contributed by atoms with van der Waals surface area (Å²) in [6.07, 6.45) is 4.01. The maximum Gasteiger partial charge on any atom is 0.210 e. The van der Waals surface area contributed by atoms with Crippen molar-refractivity contribution in [3.8, 4) is 0 Å². The van der Waals surface area contributed by atoms with Gasteiger partial charge in [0, 0.05) is 0 Å². The second-order valence-electron chi connectivity index (χ2n) is 5.58. The third kappa shape index (κ3) is 4.28. The molecule has 1 aromatic rings. The molecule has 7 heteroatoms. The monoisotopic (exact) mass is 331 g/mol. The zero-order valence-corrected chi connectivity index (χ0v) is 13.4. The molecule has 0 amide bonds. The molecule has 1 aromatic carbocycles. The number of hydrogen-bond donors (Lipinski definition) is 1. The molecule has 1 atom stereocenters. The van der Waals surface area contributed by atoms with Gasteiger partial charge in [-0.15, -0.1) is 0 Å². The molecule has 1 aliphatic carbocycles. The predicted molar refractivity (Wildman–Crippen MR) is 83.0 cm³/mol. The minimum absolute atomic E-state index is 0.460. The molecule has 2 rings (SSSR count). The molecule has 0 heterocycles. The Morgan fingerprint density at radius 3 is 2.10 bits per heavy atom. The predicted octanol–water partition coefficient (Wildman–Crippen LogP) is 1.76. The molecule has 5 nitrogen and oxygen atoms in total. The Labute approximate surface area is 126 Å². The molecule has 1 saturated carbocycles. The first-order valence-corrected chi connectivity index (χ1v) is 10.4. The first-order chi connectivity index (χ1) is 9.81. The fourth-order valence-electron chi connectivity index (χ4n) is 2.89. The van der Waals surface area contributed by atoms with Gasteiger partial charge in [-0.25, -0.2) is 22.0 Å². The summed E-state index contributed by atoms with van der Waals surface area (Å²) in [7, 11) is -7.44. The Hall–Kier alpha value is -0.920. The number of rotatable bonds is 5. The molecule has 0 radical (unpaired) electrons. The maximum atomic E-state index is 12.8. The van der Waals surface area contributed by atoms with Crippen LogP contribution in [-0.4, -0.2) is 27.8 Å². The maximum absolute atomic E-state index is 12.8. The van der Waals surface area contributed by atoms with Gasteiger partial charge in [-0.3, -0.25) is 0 Å². The smallest absolute Gasteiger partial charge is 0.210 e. The molecule has 0 aliphatic heterocycles. The molecule has 1 unspecified atom stereocenters. The Kier molecular flexibility index (Phi) is 5.06. The van der Waals surface area contributed by atoms with Crippen molar-refractivity contribution in [2.75, 3.05) is 5.75 Å². The normalized spacial score (nSPS) is 19.3. The van der Waals surface area contributed by atoms with Gasteiger partial charge in [0.05, 0.1) is 11.0 Å². The van der Waals surface area contributed by atoms with Crippen LogP contribution < -0.4 is 5.14 Å². The Balaban J connectivity index is 2.39. The quantitative estimate of drug-likeness (QED) is 0.889. The van der Waals surface area contributed by atoms with Gasteiger partial charge in [0.25, 0.3) is 0 Å². The molecule has 0 aromatic heterocycles. The zero-order chi connectivity index (χ0) is 15.5. The van der Waals surface area contributed by atoms with Crippen LogP contribution in [0.5, 0.6) is 0 Å². The lowest BCUT2D eigenvalue weighted by Crippen LogP contribution is -2.34. The van der Waals surface area contributed by atoms with Gasteiger partial charge >= 0.3 is 0 Å². The standard InChI is InChI=1S/C14H21NO4S2/c15-20(16,17)11-14(12-7-3-1-4-8-12)21(18,19)13-9-5-2-6-10-13/h1,3-4,7-8,13-14H,2,5-6,9-11H2,(H2,15,16,17). The van der Waals surface area contributed by atoms with Crippen molar-refractivity contribution < 1.29 is 16.8 Å². The van der Waals surface area contributed by atoms with Crippen LogP contribution in [0.2, 0.25) is 0 Å². The van der Waals surface area contributed by atoms with E-state index >= 15 is 0 Å². The fraction of sp³-hybridized carbons (Fsp3) is 0.571. The van der Waals surface area contributed by atoms with E-state index in [0.717, 1.165) is 19.3 Å². The van der Waals surface area contributed by atoms with Gasteiger partial charge in [0.1, 0.15) is 5.25 Å². The van der Waals surface area contributed by atoms with Crippen LogP contribution in [0.1, 0.15) is 42.9 Å². The minimum Gasteiger partial charge on any atom is -0.229 e. The van der Waals surface area contributed by atoms with Gasteiger partial charge in [-0.2, -0.15) is 0 Å². The summed E-state index contributed by atoms with van der Waals surface area (Å²) in [4.78, 5) is 0. The van der Waals surface area contributed by atoms with Crippen LogP contribution in [0.15, 0.2) is 30.3 Å². The zero-order valence-electron chi connectivity index (χ0n) is 11.8. The molecular formula is C14H21NO4S2. The third-order valence-corrected chi connectivity index (χ3v) is 7.61. The van der Waals surface area contributed by atoms with E-state index in [-0.39, 0.29) is 0 Å². The van der Waals surface area contributed by atoms with Gasteiger partial charge in [0.2, 0.25) is 10.0 Å². The van der Waals surface area contributed by atoms with Gasteiger partial charge in [0.15, 0.2) is 9.84 Å². The molecule has 21 heavy (non-hydrogen) atoms. The van der Waals surface area contributed by atoms with Crippen LogP contribution in [0.3, 0.4) is 0 Å². The van der Waals surface area contributed by atoms with Crippen molar-refractivity contribution in [2.45, 2.75) is 42.6 Å². The van der Waals surface area contributed by atoms with Crippen molar-refractivity contribution in [3.05, 3.63) is 35.9 Å². The molecule has 0 bridgehead atoms. The van der Waals surface area contributed by atoms with Crippen LogP contribution in [0.4, 0.5) is 0 Å². The first kappa shape index (κ1) is 16.5. The van der Waals surface area contributed by atoms with E-state index in [0.29, 0.717) is 18.4 Å². The summed E-state index contributed by atoms with van der Waals surface area (Å²) in [6, 6.07) is 8.49. The van der Waals surface area contributed by atoms with Crippen molar-refractivity contribution in [3.63, 3.8) is 0 Å². The van der Waals surface area contributed by atoms with E-state index in [1.54, 1.807) is 30.3 Å². The SMILES string of the molecule is NS(=O)(=O)CC(c1ccccc1)S(=O)(=O)C1CCCCC1. The first-order valence-electron chi connectivity index (χ1n) is 7.09. The molecule has 2 N–H and O–H groups in total. The molecule has 0 saturated heterocycles. The largest absolute Gasteiger partial charge is 0.229 e. The van der Waals surface area contributed by atoms with Crippen LogP contribution in [0.25, 0.3) is 0 Å². The summed E-state index contributed by atoms with van der Waals surface area (Å²) >= 11 is 0. The van der Waals surface area contributed by atoms with Crippen molar-refractivity contribution >= 4 is 19.9 Å². The van der Waals surface area contributed by atoms with Crippen LogP contribution in [-0.2, 0) is 19.9 Å². The average Bonchev–Trinajstić information content (AvgIpc) is 2.46. The van der Waals surface area contributed by atoms with E-state index < -0.39 is 36.1 Å². The lowest BCUT2D eigenvalue weighted by molar-refractivity contribution is 0.479. The highest BCUT2D eigenvalue weighted by atomic mass is 32.2. The van der Waals surface area contributed by atoms with Crippen molar-refractivity contribution in [1.29, 1.82) is 0 Å². The molecule has 118 valence electrons. The number of benzene rings is 1. The van der Waals surface area contributed by atoms with Gasteiger partial charge in [-0.1, -0.05) is 49.6 Å². The molecule has 1 fully saturated rings. The Morgan fingerprint density at radius 1 is 1.00 bits per heavy atom. The van der Waals surface area contributed by atoms with Crippen molar-refractivity contribution in [1.82, 2.24) is 0 Å². The highest BCUT2D eigenvalue weighted by Crippen LogP contribution is 2.33. The highest BCUT2D eigenvalue weighted by molar-refractivity contribution is 7.94. The van der Waals surface area contributed by atoms with E-state index in [1.165, 1.54) is 0 Å². The minimum atomic E-state index is -3.87. The highest BCUT2D eigenvalue weighted by Gasteiger charge is 2.37. The van der Waals surface area contributed by atoms with E-state index in [1.807, 2.05) is 0 Å².